The van der Waals surface area contributed by atoms with Crippen molar-refractivity contribution in [3.05, 3.63) is 63.1 Å². The third-order valence-electron chi connectivity index (χ3n) is 3.80. The van der Waals surface area contributed by atoms with Crippen LogP contribution in [-0.4, -0.2) is 20.8 Å². The Hall–Kier alpha value is -1.40. The smallest absolute Gasteiger partial charge is 0.289 e. The van der Waals surface area contributed by atoms with E-state index in [-0.39, 0.29) is 33.1 Å². The van der Waals surface area contributed by atoms with E-state index in [1.807, 2.05) is 27.7 Å². The summed E-state index contributed by atoms with van der Waals surface area (Å²) in [5.41, 5.74) is 0.681. The summed E-state index contributed by atoms with van der Waals surface area (Å²) < 4.78 is 30.6. The Morgan fingerprint density at radius 3 is 2.33 bits per heavy atom. The van der Waals surface area contributed by atoms with Crippen LogP contribution in [0.15, 0.2) is 41.3 Å². The van der Waals surface area contributed by atoms with Crippen LogP contribution in [0.1, 0.15) is 49.2 Å². The van der Waals surface area contributed by atoms with Gasteiger partial charge < -0.3 is 0 Å². The number of hydrogen-bond donors (Lipinski definition) is 0. The molecule has 0 aliphatic rings. The molecule has 27 heavy (non-hydrogen) atoms. The van der Waals surface area contributed by atoms with Crippen molar-refractivity contribution in [1.29, 1.82) is 0 Å². The molecule has 0 bridgehead atoms. The zero-order valence-electron chi connectivity index (χ0n) is 15.7. The summed E-state index contributed by atoms with van der Waals surface area (Å²) in [6, 6.07) is 9.12. The van der Waals surface area contributed by atoms with E-state index in [0.29, 0.717) is 17.0 Å². The Balaban J connectivity index is 2.49. The number of carbonyl (C=O) groups is 1. The average Bonchev–Trinajstić information content (AvgIpc) is 2.60. The molecule has 0 saturated carbocycles. The van der Waals surface area contributed by atoms with Crippen molar-refractivity contribution in [2.24, 2.45) is 5.41 Å². The van der Waals surface area contributed by atoms with Gasteiger partial charge in [-0.25, -0.2) is 0 Å². The van der Waals surface area contributed by atoms with E-state index >= 15 is 0 Å². The molecule has 2 aromatic rings. The monoisotopic (exact) mass is 428 g/mol. The fourth-order valence-corrected chi connectivity index (χ4v) is 4.18. The number of benzene rings is 2. The van der Waals surface area contributed by atoms with Crippen LogP contribution in [0.4, 0.5) is 0 Å². The first-order chi connectivity index (χ1) is 12.4. The second-order valence-corrected chi connectivity index (χ2v) is 9.83. The summed E-state index contributed by atoms with van der Waals surface area (Å²) in [6.07, 6.45) is 0.486. The third kappa shape index (κ3) is 5.55. The third-order valence-corrected chi connectivity index (χ3v) is 5.71. The molecule has 0 atom stereocenters. The van der Waals surface area contributed by atoms with Crippen LogP contribution in [0.3, 0.4) is 0 Å². The minimum absolute atomic E-state index is 0.00162. The van der Waals surface area contributed by atoms with Gasteiger partial charge in [-0.15, -0.1) is 0 Å². The van der Waals surface area contributed by atoms with Crippen LogP contribution in [0.2, 0.25) is 10.0 Å². The van der Waals surface area contributed by atoms with Gasteiger partial charge in [0.25, 0.3) is 10.1 Å². The van der Waals surface area contributed by atoms with Crippen LogP contribution in [-0.2, 0) is 20.7 Å². The standard InChI is InChI=1S/C20H22Cl2O4S/c1-5-13-6-7-14(19(23)16-11-15(21)8-9-17(16)22)10-18(13)27(24,25)26-12-20(2,3)4/h6-11H,5,12H2,1-4H3. The molecular formula is C20H22Cl2O4S. The number of halogens is 2. The molecule has 0 N–H and O–H groups in total. The molecule has 0 amide bonds. The van der Waals surface area contributed by atoms with E-state index in [9.17, 15) is 13.2 Å². The average molecular weight is 429 g/mol. The van der Waals surface area contributed by atoms with Crippen molar-refractivity contribution in [3.8, 4) is 0 Å². The Bertz CT molecular complexity index is 960. The van der Waals surface area contributed by atoms with E-state index in [1.165, 1.54) is 18.2 Å². The van der Waals surface area contributed by atoms with Crippen molar-refractivity contribution >= 4 is 39.1 Å². The molecule has 0 heterocycles. The Morgan fingerprint density at radius 2 is 1.74 bits per heavy atom. The van der Waals surface area contributed by atoms with Gasteiger partial charge in [0.05, 0.1) is 16.5 Å². The predicted molar refractivity (Wildman–Crippen MR) is 108 cm³/mol. The summed E-state index contributed by atoms with van der Waals surface area (Å²) >= 11 is 12.1. The molecule has 2 rings (SSSR count). The predicted octanol–water partition coefficient (Wildman–Crippen LogP) is 5.54. The number of ketones is 1. The maximum atomic E-state index is 12.8. The van der Waals surface area contributed by atoms with Gasteiger partial charge in [-0.3, -0.25) is 8.98 Å². The minimum atomic E-state index is -4.00. The van der Waals surface area contributed by atoms with Gasteiger partial charge in [-0.2, -0.15) is 8.42 Å². The fraction of sp³-hybridized carbons (Fsp3) is 0.350. The van der Waals surface area contributed by atoms with Crippen molar-refractivity contribution < 1.29 is 17.4 Å². The SMILES string of the molecule is CCc1ccc(C(=O)c2cc(Cl)ccc2Cl)cc1S(=O)(=O)OCC(C)(C)C. The second-order valence-electron chi connectivity index (χ2n) is 7.41. The van der Waals surface area contributed by atoms with Crippen molar-refractivity contribution in [2.75, 3.05) is 6.61 Å². The maximum absolute atomic E-state index is 12.8. The minimum Gasteiger partial charge on any atom is -0.289 e. The molecule has 0 saturated heterocycles. The molecule has 146 valence electrons. The molecule has 0 spiro atoms. The molecule has 4 nitrogen and oxygen atoms in total. The van der Waals surface area contributed by atoms with Crippen LogP contribution in [0, 0.1) is 5.41 Å². The number of aryl methyl sites for hydroxylation is 1. The maximum Gasteiger partial charge on any atom is 0.297 e. The van der Waals surface area contributed by atoms with Crippen LogP contribution in [0.25, 0.3) is 0 Å². The van der Waals surface area contributed by atoms with Crippen molar-refractivity contribution in [3.63, 3.8) is 0 Å². The van der Waals surface area contributed by atoms with Crippen LogP contribution in [0.5, 0.6) is 0 Å². The molecule has 0 radical (unpaired) electrons. The van der Waals surface area contributed by atoms with Gasteiger partial charge in [0.15, 0.2) is 5.78 Å². The highest BCUT2D eigenvalue weighted by atomic mass is 35.5. The van der Waals surface area contributed by atoms with Crippen molar-refractivity contribution in [1.82, 2.24) is 0 Å². The lowest BCUT2D eigenvalue weighted by molar-refractivity contribution is 0.103. The first-order valence-electron chi connectivity index (χ1n) is 8.47. The summed E-state index contributed by atoms with van der Waals surface area (Å²) in [5, 5.41) is 0.617. The molecule has 0 aliphatic heterocycles. The summed E-state index contributed by atoms with van der Waals surface area (Å²) in [5.74, 6) is -0.405. The molecule has 0 aliphatic carbocycles. The fourth-order valence-electron chi connectivity index (χ4n) is 2.37. The number of carbonyl (C=O) groups excluding carboxylic acids is 1. The largest absolute Gasteiger partial charge is 0.297 e. The molecule has 2 aromatic carbocycles. The quantitative estimate of drug-likeness (QED) is 0.447. The van der Waals surface area contributed by atoms with Gasteiger partial charge in [-0.05, 0) is 41.7 Å². The first kappa shape index (κ1) is 21.9. The zero-order valence-corrected chi connectivity index (χ0v) is 18.0. The highest BCUT2D eigenvalue weighted by Gasteiger charge is 2.24. The van der Waals surface area contributed by atoms with Gasteiger partial charge >= 0.3 is 0 Å². The number of hydrogen-bond acceptors (Lipinski definition) is 4. The Kier molecular flexibility index (Phi) is 6.74. The highest BCUT2D eigenvalue weighted by Crippen LogP contribution is 2.27. The number of rotatable bonds is 6. The normalized spacial score (nSPS) is 12.2. The van der Waals surface area contributed by atoms with Gasteiger partial charge in [0, 0.05) is 16.1 Å². The summed E-state index contributed by atoms with van der Waals surface area (Å²) in [4.78, 5) is 12.8. The van der Waals surface area contributed by atoms with Crippen LogP contribution < -0.4 is 0 Å². The lowest BCUT2D eigenvalue weighted by Crippen LogP contribution is -2.20. The Morgan fingerprint density at radius 1 is 1.07 bits per heavy atom. The highest BCUT2D eigenvalue weighted by molar-refractivity contribution is 7.86. The lowest BCUT2D eigenvalue weighted by Gasteiger charge is -2.19. The molecule has 0 aromatic heterocycles. The second kappa shape index (κ2) is 8.31. The molecule has 7 heteroatoms. The zero-order chi connectivity index (χ0) is 20.4. The topological polar surface area (TPSA) is 60.4 Å². The van der Waals surface area contributed by atoms with E-state index in [4.69, 9.17) is 27.4 Å². The molecule has 0 unspecified atom stereocenters. The van der Waals surface area contributed by atoms with Gasteiger partial charge in [-0.1, -0.05) is 63.0 Å². The van der Waals surface area contributed by atoms with E-state index < -0.39 is 15.9 Å². The Labute approximate surface area is 170 Å². The summed E-state index contributed by atoms with van der Waals surface area (Å²) in [6.45, 7) is 7.52. The molecular weight excluding hydrogens is 407 g/mol. The van der Waals surface area contributed by atoms with E-state index in [0.717, 1.165) is 0 Å². The van der Waals surface area contributed by atoms with Crippen molar-refractivity contribution in [2.45, 2.75) is 39.0 Å². The van der Waals surface area contributed by atoms with Gasteiger partial charge in [0.1, 0.15) is 0 Å². The molecule has 0 fully saturated rings. The van der Waals surface area contributed by atoms with E-state index in [1.54, 1.807) is 18.2 Å². The van der Waals surface area contributed by atoms with Crippen LogP contribution >= 0.6 is 23.2 Å². The first-order valence-corrected chi connectivity index (χ1v) is 10.6. The van der Waals surface area contributed by atoms with Gasteiger partial charge in [0.2, 0.25) is 0 Å². The lowest BCUT2D eigenvalue weighted by atomic mass is 9.99. The van der Waals surface area contributed by atoms with E-state index in [2.05, 4.69) is 0 Å². The summed E-state index contributed by atoms with van der Waals surface area (Å²) in [7, 11) is -4.00.